The molecule has 0 saturated carbocycles. The molecule has 0 heterocycles. The van der Waals surface area contributed by atoms with E-state index in [9.17, 15) is 0 Å². The van der Waals surface area contributed by atoms with Crippen LogP contribution < -0.4 is 19.9 Å². The molecule has 2 aromatic carbocycles. The molecule has 0 aromatic heterocycles. The molecule has 0 saturated heterocycles. The fourth-order valence-electron chi connectivity index (χ4n) is 1.82. The number of nitrogen functional groups attached to an aromatic ring is 1. The predicted molar refractivity (Wildman–Crippen MR) is 87.2 cm³/mol. The Hall–Kier alpha value is -1.88. The molecule has 0 unspecified atom stereocenters. The molecule has 0 fully saturated rings. The van der Waals surface area contributed by atoms with Crippen molar-refractivity contribution in [2.75, 3.05) is 25.6 Å². The standard InChI is InChI=1S/C16H18BrNO3/c1-2-19-15-5-3-4-6-16(15)21-8-7-20-14-10-12(17)9-13(18)11-14/h3-6,9-11H,2,7-8,18H2,1H3. The molecule has 2 aromatic rings. The zero-order chi connectivity index (χ0) is 15.1. The number of benzene rings is 2. The van der Waals surface area contributed by atoms with Gasteiger partial charge in [0.1, 0.15) is 19.0 Å². The molecular formula is C16H18BrNO3. The quantitative estimate of drug-likeness (QED) is 0.607. The Morgan fingerprint density at radius 3 is 2.29 bits per heavy atom. The molecule has 0 bridgehead atoms. The Bertz CT molecular complexity index is 569. The van der Waals surface area contributed by atoms with Gasteiger partial charge in [-0.05, 0) is 31.2 Å². The van der Waals surface area contributed by atoms with Crippen LogP contribution in [0, 0.1) is 0 Å². The molecule has 0 atom stereocenters. The highest BCUT2D eigenvalue weighted by Gasteiger charge is 2.03. The van der Waals surface area contributed by atoms with Gasteiger partial charge < -0.3 is 19.9 Å². The number of para-hydroxylation sites is 2. The van der Waals surface area contributed by atoms with Crippen LogP contribution in [0.1, 0.15) is 6.92 Å². The highest BCUT2D eigenvalue weighted by atomic mass is 79.9. The van der Waals surface area contributed by atoms with Gasteiger partial charge in [-0.2, -0.15) is 0 Å². The topological polar surface area (TPSA) is 53.7 Å². The van der Waals surface area contributed by atoms with E-state index in [4.69, 9.17) is 19.9 Å². The Morgan fingerprint density at radius 1 is 0.952 bits per heavy atom. The lowest BCUT2D eigenvalue weighted by atomic mass is 10.3. The second-order valence-corrected chi connectivity index (χ2v) is 5.21. The number of ether oxygens (including phenoxy) is 3. The minimum absolute atomic E-state index is 0.427. The van der Waals surface area contributed by atoms with Crippen LogP contribution in [0.3, 0.4) is 0 Å². The summed E-state index contributed by atoms with van der Waals surface area (Å²) in [5.74, 6) is 2.17. The van der Waals surface area contributed by atoms with Gasteiger partial charge in [0.05, 0.1) is 6.61 Å². The van der Waals surface area contributed by atoms with Gasteiger partial charge in [-0.1, -0.05) is 28.1 Å². The second kappa shape index (κ2) is 7.78. The zero-order valence-electron chi connectivity index (χ0n) is 11.8. The Morgan fingerprint density at radius 2 is 1.62 bits per heavy atom. The van der Waals surface area contributed by atoms with Gasteiger partial charge in [0, 0.05) is 16.2 Å². The number of anilines is 1. The Balaban J connectivity index is 1.84. The molecule has 0 aliphatic rings. The number of hydrogen-bond acceptors (Lipinski definition) is 4. The molecular weight excluding hydrogens is 334 g/mol. The fourth-order valence-corrected chi connectivity index (χ4v) is 2.31. The number of halogens is 1. The second-order valence-electron chi connectivity index (χ2n) is 4.30. The zero-order valence-corrected chi connectivity index (χ0v) is 13.4. The van der Waals surface area contributed by atoms with Crippen molar-refractivity contribution >= 4 is 21.6 Å². The minimum atomic E-state index is 0.427. The van der Waals surface area contributed by atoms with E-state index in [0.29, 0.717) is 31.3 Å². The van der Waals surface area contributed by atoms with Gasteiger partial charge in [0.2, 0.25) is 0 Å². The molecule has 4 nitrogen and oxygen atoms in total. The molecule has 2 N–H and O–H groups in total. The maximum atomic E-state index is 5.75. The number of rotatable bonds is 7. The normalized spacial score (nSPS) is 10.2. The average Bonchev–Trinajstić information content (AvgIpc) is 2.44. The minimum Gasteiger partial charge on any atom is -0.490 e. The lowest BCUT2D eigenvalue weighted by Crippen LogP contribution is -2.10. The van der Waals surface area contributed by atoms with Crippen LogP contribution in [-0.4, -0.2) is 19.8 Å². The molecule has 0 aliphatic heterocycles. The first-order valence-electron chi connectivity index (χ1n) is 6.72. The largest absolute Gasteiger partial charge is 0.490 e. The summed E-state index contributed by atoms with van der Waals surface area (Å²) in [6.07, 6.45) is 0. The summed E-state index contributed by atoms with van der Waals surface area (Å²) in [5.41, 5.74) is 6.40. The van der Waals surface area contributed by atoms with Crippen molar-refractivity contribution in [3.05, 3.63) is 46.9 Å². The summed E-state index contributed by atoms with van der Waals surface area (Å²) >= 11 is 3.38. The highest BCUT2D eigenvalue weighted by molar-refractivity contribution is 9.10. The van der Waals surface area contributed by atoms with Gasteiger partial charge in [-0.15, -0.1) is 0 Å². The first kappa shape index (κ1) is 15.5. The third-order valence-corrected chi connectivity index (χ3v) is 3.11. The summed E-state index contributed by atoms with van der Waals surface area (Å²) in [5, 5.41) is 0. The van der Waals surface area contributed by atoms with Gasteiger partial charge in [-0.3, -0.25) is 0 Å². The first-order valence-corrected chi connectivity index (χ1v) is 7.52. The SMILES string of the molecule is CCOc1ccccc1OCCOc1cc(N)cc(Br)c1. The van der Waals surface area contributed by atoms with E-state index in [2.05, 4.69) is 15.9 Å². The van der Waals surface area contributed by atoms with E-state index in [0.717, 1.165) is 16.0 Å². The fraction of sp³-hybridized carbons (Fsp3) is 0.250. The Labute approximate surface area is 132 Å². The lowest BCUT2D eigenvalue weighted by Gasteiger charge is -2.12. The lowest BCUT2D eigenvalue weighted by molar-refractivity contribution is 0.208. The molecule has 0 spiro atoms. The van der Waals surface area contributed by atoms with Crippen molar-refractivity contribution in [3.63, 3.8) is 0 Å². The smallest absolute Gasteiger partial charge is 0.161 e. The van der Waals surface area contributed by atoms with Crippen molar-refractivity contribution in [2.24, 2.45) is 0 Å². The van der Waals surface area contributed by atoms with E-state index < -0.39 is 0 Å². The maximum Gasteiger partial charge on any atom is 0.161 e. The van der Waals surface area contributed by atoms with Crippen molar-refractivity contribution < 1.29 is 14.2 Å². The number of nitrogens with two attached hydrogens (primary N) is 1. The summed E-state index contributed by atoms with van der Waals surface area (Å²) < 4.78 is 17.7. The van der Waals surface area contributed by atoms with Crippen LogP contribution >= 0.6 is 15.9 Å². The van der Waals surface area contributed by atoms with Gasteiger partial charge in [0.25, 0.3) is 0 Å². The number of hydrogen-bond donors (Lipinski definition) is 1. The molecule has 5 heteroatoms. The van der Waals surface area contributed by atoms with Crippen LogP contribution in [0.5, 0.6) is 17.2 Å². The van der Waals surface area contributed by atoms with Crippen LogP contribution in [0.2, 0.25) is 0 Å². The summed E-state index contributed by atoms with van der Waals surface area (Å²) in [4.78, 5) is 0. The summed E-state index contributed by atoms with van der Waals surface area (Å²) in [6.45, 7) is 3.40. The first-order chi connectivity index (χ1) is 10.2. The van der Waals surface area contributed by atoms with Crippen molar-refractivity contribution in [1.82, 2.24) is 0 Å². The van der Waals surface area contributed by atoms with E-state index in [1.54, 1.807) is 6.07 Å². The van der Waals surface area contributed by atoms with Crippen molar-refractivity contribution in [3.8, 4) is 17.2 Å². The van der Waals surface area contributed by atoms with Gasteiger partial charge in [0.15, 0.2) is 11.5 Å². The third kappa shape index (κ3) is 4.86. The third-order valence-electron chi connectivity index (χ3n) is 2.65. The molecule has 0 radical (unpaired) electrons. The molecule has 21 heavy (non-hydrogen) atoms. The molecule has 0 amide bonds. The van der Waals surface area contributed by atoms with E-state index in [1.165, 1.54) is 0 Å². The predicted octanol–water partition coefficient (Wildman–Crippen LogP) is 3.89. The summed E-state index contributed by atoms with van der Waals surface area (Å²) in [7, 11) is 0. The molecule has 0 aliphatic carbocycles. The van der Waals surface area contributed by atoms with Crippen LogP contribution in [-0.2, 0) is 0 Å². The highest BCUT2D eigenvalue weighted by Crippen LogP contribution is 2.26. The molecule has 112 valence electrons. The van der Waals surface area contributed by atoms with E-state index in [1.807, 2.05) is 43.3 Å². The van der Waals surface area contributed by atoms with Crippen molar-refractivity contribution in [2.45, 2.75) is 6.92 Å². The molecule has 2 rings (SSSR count). The van der Waals surface area contributed by atoms with Crippen LogP contribution in [0.4, 0.5) is 5.69 Å². The van der Waals surface area contributed by atoms with Gasteiger partial charge in [-0.25, -0.2) is 0 Å². The van der Waals surface area contributed by atoms with E-state index in [-0.39, 0.29) is 0 Å². The monoisotopic (exact) mass is 351 g/mol. The average molecular weight is 352 g/mol. The van der Waals surface area contributed by atoms with Gasteiger partial charge >= 0.3 is 0 Å². The van der Waals surface area contributed by atoms with Crippen LogP contribution in [0.25, 0.3) is 0 Å². The van der Waals surface area contributed by atoms with Crippen molar-refractivity contribution in [1.29, 1.82) is 0 Å². The summed E-state index contributed by atoms with van der Waals surface area (Å²) in [6, 6.07) is 13.0. The Kier molecular flexibility index (Phi) is 5.75. The van der Waals surface area contributed by atoms with Crippen LogP contribution in [0.15, 0.2) is 46.9 Å². The van der Waals surface area contributed by atoms with E-state index >= 15 is 0 Å². The maximum absolute atomic E-state index is 5.75.